The number of phenolic OH excluding ortho intramolecular Hbond substituents is 2. The molecule has 0 aliphatic rings. The van der Waals surface area contributed by atoms with Gasteiger partial charge in [0, 0.05) is 11.6 Å². The van der Waals surface area contributed by atoms with E-state index in [4.69, 9.17) is 0 Å². The molecule has 118 valence electrons. The van der Waals surface area contributed by atoms with Gasteiger partial charge in [0.05, 0.1) is 12.7 Å². The van der Waals surface area contributed by atoms with Crippen LogP contribution in [0, 0.1) is 0 Å². The molecule has 0 saturated heterocycles. The summed E-state index contributed by atoms with van der Waals surface area (Å²) < 4.78 is 1.73. The summed E-state index contributed by atoms with van der Waals surface area (Å²) in [5.74, 6) is 0.515. The molecule has 5 heteroatoms. The Morgan fingerprint density at radius 2 is 1.78 bits per heavy atom. The fourth-order valence-electron chi connectivity index (χ4n) is 2.43. The Balaban J connectivity index is 1.79. The second-order valence-electron chi connectivity index (χ2n) is 5.90. The number of aromatic hydroxyl groups is 2. The van der Waals surface area contributed by atoms with Crippen molar-refractivity contribution in [1.82, 2.24) is 15.0 Å². The van der Waals surface area contributed by atoms with Crippen molar-refractivity contribution in [3.8, 4) is 22.8 Å². The number of phenols is 2. The second kappa shape index (κ2) is 6.12. The van der Waals surface area contributed by atoms with Gasteiger partial charge in [0.15, 0.2) is 0 Å². The maximum Gasteiger partial charge on any atom is 0.128 e. The number of rotatable bonds is 4. The minimum atomic E-state index is -0.0154. The molecule has 0 amide bonds. The summed E-state index contributed by atoms with van der Waals surface area (Å²) in [6, 6.07) is 12.9. The van der Waals surface area contributed by atoms with Crippen LogP contribution in [-0.2, 0) is 6.54 Å². The molecule has 0 spiro atoms. The molecular weight excluding hydrogens is 290 g/mol. The summed E-state index contributed by atoms with van der Waals surface area (Å²) in [4.78, 5) is 0. The van der Waals surface area contributed by atoms with Gasteiger partial charge in [-0.1, -0.05) is 43.3 Å². The van der Waals surface area contributed by atoms with Crippen LogP contribution < -0.4 is 0 Å². The lowest BCUT2D eigenvalue weighted by atomic mass is 10.0. The molecule has 0 fully saturated rings. The molecule has 2 N–H and O–H groups in total. The topological polar surface area (TPSA) is 71.2 Å². The third kappa shape index (κ3) is 3.34. The zero-order valence-electron chi connectivity index (χ0n) is 13.1. The third-order valence-corrected chi connectivity index (χ3v) is 3.79. The average molecular weight is 309 g/mol. The van der Waals surface area contributed by atoms with Crippen LogP contribution in [0.5, 0.6) is 11.5 Å². The molecule has 3 aromatic rings. The number of nitrogens with zero attached hydrogens (tertiary/aromatic N) is 3. The molecular formula is C18H19N3O2. The van der Waals surface area contributed by atoms with Gasteiger partial charge < -0.3 is 10.2 Å². The Morgan fingerprint density at radius 1 is 1.04 bits per heavy atom. The van der Waals surface area contributed by atoms with Crippen molar-refractivity contribution in [1.29, 1.82) is 0 Å². The SMILES string of the molecule is CC(C)c1ccc(Cn2cc(-c3ccc(O)cc3O)nn2)cc1. The van der Waals surface area contributed by atoms with E-state index in [-0.39, 0.29) is 11.5 Å². The molecule has 0 aliphatic carbocycles. The van der Waals surface area contributed by atoms with Crippen LogP contribution in [0.4, 0.5) is 0 Å². The molecule has 23 heavy (non-hydrogen) atoms. The molecule has 0 saturated carbocycles. The van der Waals surface area contributed by atoms with Gasteiger partial charge in [-0.05, 0) is 29.2 Å². The van der Waals surface area contributed by atoms with Gasteiger partial charge in [-0.25, -0.2) is 4.68 Å². The number of hydrogen-bond acceptors (Lipinski definition) is 4. The Bertz CT molecular complexity index is 807. The van der Waals surface area contributed by atoms with Crippen molar-refractivity contribution in [2.45, 2.75) is 26.3 Å². The Kier molecular flexibility index (Phi) is 4.02. The largest absolute Gasteiger partial charge is 0.508 e. The molecule has 0 aliphatic heterocycles. The Morgan fingerprint density at radius 3 is 2.43 bits per heavy atom. The van der Waals surface area contributed by atoms with E-state index in [2.05, 4.69) is 48.4 Å². The van der Waals surface area contributed by atoms with E-state index in [1.807, 2.05) is 0 Å². The first-order chi connectivity index (χ1) is 11.0. The molecule has 1 heterocycles. The van der Waals surface area contributed by atoms with Gasteiger partial charge in [0.25, 0.3) is 0 Å². The summed E-state index contributed by atoms with van der Waals surface area (Å²) in [5, 5.41) is 27.4. The highest BCUT2D eigenvalue weighted by molar-refractivity contribution is 5.66. The van der Waals surface area contributed by atoms with Gasteiger partial charge in [0.2, 0.25) is 0 Å². The molecule has 0 radical (unpaired) electrons. The van der Waals surface area contributed by atoms with Gasteiger partial charge in [-0.2, -0.15) is 0 Å². The highest BCUT2D eigenvalue weighted by atomic mass is 16.3. The van der Waals surface area contributed by atoms with Crippen molar-refractivity contribution in [3.05, 3.63) is 59.8 Å². The fourth-order valence-corrected chi connectivity index (χ4v) is 2.43. The monoisotopic (exact) mass is 309 g/mol. The predicted octanol–water partition coefficient (Wildman–Crippen LogP) is 3.53. The van der Waals surface area contributed by atoms with Crippen molar-refractivity contribution < 1.29 is 10.2 Å². The minimum absolute atomic E-state index is 0.0154. The predicted molar refractivity (Wildman–Crippen MR) is 88.4 cm³/mol. The van der Waals surface area contributed by atoms with E-state index in [0.29, 0.717) is 23.7 Å². The summed E-state index contributed by atoms with van der Waals surface area (Å²) in [6.45, 7) is 4.95. The Labute approximate surface area is 134 Å². The first-order valence-electron chi connectivity index (χ1n) is 7.54. The molecule has 0 unspecified atom stereocenters. The quantitative estimate of drug-likeness (QED) is 0.773. The van der Waals surface area contributed by atoms with E-state index in [9.17, 15) is 10.2 Å². The van der Waals surface area contributed by atoms with E-state index < -0.39 is 0 Å². The molecule has 0 atom stereocenters. The maximum atomic E-state index is 9.89. The molecule has 5 nitrogen and oxygen atoms in total. The number of aromatic nitrogens is 3. The summed E-state index contributed by atoms with van der Waals surface area (Å²) >= 11 is 0. The van der Waals surface area contributed by atoms with Crippen LogP contribution >= 0.6 is 0 Å². The lowest BCUT2D eigenvalue weighted by Gasteiger charge is -2.06. The highest BCUT2D eigenvalue weighted by Gasteiger charge is 2.10. The van der Waals surface area contributed by atoms with Gasteiger partial charge in [-0.3, -0.25) is 0 Å². The molecule has 1 aromatic heterocycles. The number of benzene rings is 2. The van der Waals surface area contributed by atoms with E-state index >= 15 is 0 Å². The summed E-state index contributed by atoms with van der Waals surface area (Å²) in [6.07, 6.45) is 1.78. The first-order valence-corrected chi connectivity index (χ1v) is 7.54. The van der Waals surface area contributed by atoms with Crippen molar-refractivity contribution >= 4 is 0 Å². The van der Waals surface area contributed by atoms with Gasteiger partial charge >= 0.3 is 0 Å². The van der Waals surface area contributed by atoms with Crippen LogP contribution in [0.25, 0.3) is 11.3 Å². The van der Waals surface area contributed by atoms with Crippen molar-refractivity contribution in [2.75, 3.05) is 0 Å². The number of hydrogen-bond donors (Lipinski definition) is 2. The molecule has 3 rings (SSSR count). The van der Waals surface area contributed by atoms with Gasteiger partial charge in [-0.15, -0.1) is 5.10 Å². The highest BCUT2D eigenvalue weighted by Crippen LogP contribution is 2.30. The average Bonchev–Trinajstić information content (AvgIpc) is 2.96. The van der Waals surface area contributed by atoms with E-state index in [1.54, 1.807) is 16.9 Å². The standard InChI is InChI=1S/C18H19N3O2/c1-12(2)14-5-3-13(4-6-14)10-21-11-17(19-20-21)16-8-7-15(22)9-18(16)23/h3-9,11-12,22-23H,10H2,1-2H3. The van der Waals surface area contributed by atoms with Crippen LogP contribution in [0.1, 0.15) is 30.9 Å². The lowest BCUT2D eigenvalue weighted by Crippen LogP contribution is -2.00. The van der Waals surface area contributed by atoms with Crippen LogP contribution in [0.2, 0.25) is 0 Å². The third-order valence-electron chi connectivity index (χ3n) is 3.79. The lowest BCUT2D eigenvalue weighted by molar-refractivity contribution is 0.452. The first kappa shape index (κ1) is 15.1. The van der Waals surface area contributed by atoms with Crippen molar-refractivity contribution in [2.24, 2.45) is 0 Å². The Hall–Kier alpha value is -2.82. The van der Waals surface area contributed by atoms with Crippen LogP contribution in [-0.4, -0.2) is 25.2 Å². The smallest absolute Gasteiger partial charge is 0.128 e. The van der Waals surface area contributed by atoms with Gasteiger partial charge in [0.1, 0.15) is 17.2 Å². The van der Waals surface area contributed by atoms with Crippen LogP contribution in [0.3, 0.4) is 0 Å². The van der Waals surface area contributed by atoms with E-state index in [1.165, 1.54) is 17.7 Å². The minimum Gasteiger partial charge on any atom is -0.508 e. The zero-order chi connectivity index (χ0) is 16.4. The fraction of sp³-hybridized carbons (Fsp3) is 0.222. The van der Waals surface area contributed by atoms with E-state index in [0.717, 1.165) is 5.56 Å². The van der Waals surface area contributed by atoms with Crippen LogP contribution in [0.15, 0.2) is 48.7 Å². The summed E-state index contributed by atoms with van der Waals surface area (Å²) in [7, 11) is 0. The zero-order valence-corrected chi connectivity index (χ0v) is 13.1. The second-order valence-corrected chi connectivity index (χ2v) is 5.90. The maximum absolute atomic E-state index is 9.89. The molecule has 0 bridgehead atoms. The van der Waals surface area contributed by atoms with Crippen molar-refractivity contribution in [3.63, 3.8) is 0 Å². The normalized spacial score (nSPS) is 11.1. The summed E-state index contributed by atoms with van der Waals surface area (Å²) in [5.41, 5.74) is 3.56. The molecule has 2 aromatic carbocycles.